The van der Waals surface area contributed by atoms with Crippen molar-refractivity contribution in [2.45, 2.75) is 0 Å². The third kappa shape index (κ3) is 1.87. The average molecular weight is 333 g/mol. The van der Waals surface area contributed by atoms with Crippen LogP contribution in [0, 0.1) is 0 Å². The maximum atomic E-state index is 12.4. The predicted molar refractivity (Wildman–Crippen MR) is 78.1 cm³/mol. The van der Waals surface area contributed by atoms with Crippen LogP contribution < -0.4 is 11.2 Å². The van der Waals surface area contributed by atoms with Crippen LogP contribution in [0.1, 0.15) is 0 Å². The molecule has 0 aromatic carbocycles. The van der Waals surface area contributed by atoms with Crippen molar-refractivity contribution in [1.29, 1.82) is 0 Å². The van der Waals surface area contributed by atoms with E-state index in [2.05, 4.69) is 25.9 Å². The second-order valence-electron chi connectivity index (χ2n) is 4.19. The first-order valence-electron chi connectivity index (χ1n) is 5.78. The molecule has 0 amide bonds. The van der Waals surface area contributed by atoms with Crippen LogP contribution in [-0.4, -0.2) is 19.1 Å². The number of fused-ring (bicyclic) bond motifs is 1. The highest BCUT2D eigenvalue weighted by molar-refractivity contribution is 9.10. The molecule has 3 aromatic heterocycles. The van der Waals surface area contributed by atoms with Gasteiger partial charge in [-0.2, -0.15) is 0 Å². The van der Waals surface area contributed by atoms with Gasteiger partial charge in [0.25, 0.3) is 5.56 Å². The Kier molecular flexibility index (Phi) is 2.98. The van der Waals surface area contributed by atoms with E-state index in [0.29, 0.717) is 15.8 Å². The number of hydrogen-bond acceptors (Lipinski definition) is 4. The van der Waals surface area contributed by atoms with Crippen LogP contribution in [-0.2, 0) is 7.05 Å². The van der Waals surface area contributed by atoms with Crippen LogP contribution in [0.15, 0.2) is 50.9 Å². The molecule has 20 heavy (non-hydrogen) atoms. The van der Waals surface area contributed by atoms with Gasteiger partial charge in [0.2, 0.25) is 0 Å². The fraction of sp³-hybridized carbons (Fsp3) is 0.0769. The molecule has 3 heterocycles. The lowest BCUT2D eigenvalue weighted by Gasteiger charge is -2.09. The van der Waals surface area contributed by atoms with Crippen molar-refractivity contribution in [3.8, 4) is 5.69 Å². The van der Waals surface area contributed by atoms with Crippen molar-refractivity contribution in [2.75, 3.05) is 0 Å². The monoisotopic (exact) mass is 332 g/mol. The van der Waals surface area contributed by atoms with E-state index >= 15 is 0 Å². The highest BCUT2D eigenvalue weighted by Crippen LogP contribution is 2.09. The van der Waals surface area contributed by atoms with Gasteiger partial charge < -0.3 is 0 Å². The molecule has 0 aliphatic heterocycles. The highest BCUT2D eigenvalue weighted by atomic mass is 79.9. The maximum absolute atomic E-state index is 12.4. The van der Waals surface area contributed by atoms with Crippen LogP contribution in [0.3, 0.4) is 0 Å². The molecule has 0 N–H and O–H groups in total. The Morgan fingerprint density at radius 3 is 2.65 bits per heavy atom. The largest absolute Gasteiger partial charge is 0.336 e. The molecule has 0 radical (unpaired) electrons. The van der Waals surface area contributed by atoms with E-state index in [-0.39, 0.29) is 5.52 Å². The van der Waals surface area contributed by atoms with Gasteiger partial charge >= 0.3 is 5.69 Å². The molecule has 0 aliphatic rings. The first-order chi connectivity index (χ1) is 9.59. The average Bonchev–Trinajstić information content (AvgIpc) is 2.47. The van der Waals surface area contributed by atoms with Crippen molar-refractivity contribution in [2.24, 2.45) is 7.05 Å². The predicted octanol–water partition coefficient (Wildman–Crippen LogP) is 1.24. The molecule has 3 rings (SSSR count). The van der Waals surface area contributed by atoms with Crippen molar-refractivity contribution in [1.82, 2.24) is 19.1 Å². The Morgan fingerprint density at radius 1 is 1.15 bits per heavy atom. The minimum absolute atomic E-state index is 0.248. The fourth-order valence-corrected chi connectivity index (χ4v) is 2.24. The lowest BCUT2D eigenvalue weighted by Crippen LogP contribution is -2.38. The summed E-state index contributed by atoms with van der Waals surface area (Å²) >= 11 is 3.22. The third-order valence-corrected chi connectivity index (χ3v) is 3.47. The number of nitrogens with zero attached hydrogens (tertiary/aromatic N) is 4. The quantitative estimate of drug-likeness (QED) is 0.629. The number of aryl methyl sites for hydroxylation is 1. The van der Waals surface area contributed by atoms with E-state index in [1.165, 1.54) is 17.0 Å². The van der Waals surface area contributed by atoms with Gasteiger partial charge in [-0.25, -0.2) is 19.3 Å². The summed E-state index contributed by atoms with van der Waals surface area (Å²) in [5.74, 6) is 0. The molecular weight excluding hydrogens is 324 g/mol. The molecule has 0 saturated carbocycles. The van der Waals surface area contributed by atoms with Gasteiger partial charge in [-0.05, 0) is 40.2 Å². The molecule has 6 nitrogen and oxygen atoms in total. The number of rotatable bonds is 1. The summed E-state index contributed by atoms with van der Waals surface area (Å²) in [6.45, 7) is 0. The van der Waals surface area contributed by atoms with Gasteiger partial charge in [-0.1, -0.05) is 0 Å². The highest BCUT2D eigenvalue weighted by Gasteiger charge is 2.13. The summed E-state index contributed by atoms with van der Waals surface area (Å²) in [5, 5.41) is 0. The zero-order chi connectivity index (χ0) is 14.3. The van der Waals surface area contributed by atoms with E-state index in [4.69, 9.17) is 0 Å². The molecule has 0 fully saturated rings. The lowest BCUT2D eigenvalue weighted by atomic mass is 10.3. The van der Waals surface area contributed by atoms with E-state index in [9.17, 15) is 9.59 Å². The van der Waals surface area contributed by atoms with Gasteiger partial charge in [0.05, 0.1) is 17.4 Å². The van der Waals surface area contributed by atoms with Crippen LogP contribution in [0.2, 0.25) is 0 Å². The van der Waals surface area contributed by atoms with Crippen LogP contribution in [0.5, 0.6) is 0 Å². The Morgan fingerprint density at radius 2 is 1.95 bits per heavy atom. The Hall–Kier alpha value is -2.28. The summed E-state index contributed by atoms with van der Waals surface area (Å²) < 4.78 is 3.09. The molecular formula is C13H9BrN4O2. The van der Waals surface area contributed by atoms with E-state index in [0.717, 1.165) is 4.57 Å². The molecule has 100 valence electrons. The first-order valence-corrected chi connectivity index (χ1v) is 6.57. The zero-order valence-corrected chi connectivity index (χ0v) is 12.0. The Labute approximate surface area is 121 Å². The van der Waals surface area contributed by atoms with Crippen molar-refractivity contribution in [3.05, 3.63) is 62.1 Å². The van der Waals surface area contributed by atoms with Crippen molar-refractivity contribution < 1.29 is 0 Å². The molecule has 0 unspecified atom stereocenters. The molecule has 0 saturated heterocycles. The summed E-state index contributed by atoms with van der Waals surface area (Å²) in [6.07, 6.45) is 2.99. The Bertz CT molecular complexity index is 912. The minimum atomic E-state index is -0.451. The summed E-state index contributed by atoms with van der Waals surface area (Å²) in [7, 11) is 1.61. The van der Waals surface area contributed by atoms with Crippen LogP contribution in [0.25, 0.3) is 16.7 Å². The fourth-order valence-electron chi connectivity index (χ4n) is 2.01. The third-order valence-electron chi connectivity index (χ3n) is 3.00. The van der Waals surface area contributed by atoms with Gasteiger partial charge in [-0.3, -0.25) is 9.36 Å². The van der Waals surface area contributed by atoms with E-state index in [1.807, 2.05) is 0 Å². The molecule has 0 atom stereocenters. The number of pyridine rings is 2. The smallest absolute Gasteiger partial charge is 0.294 e. The maximum Gasteiger partial charge on any atom is 0.336 e. The topological polar surface area (TPSA) is 69.8 Å². The van der Waals surface area contributed by atoms with Crippen LogP contribution in [0.4, 0.5) is 0 Å². The molecule has 0 spiro atoms. The van der Waals surface area contributed by atoms with Crippen molar-refractivity contribution >= 4 is 27.0 Å². The summed E-state index contributed by atoms with van der Waals surface area (Å²) in [5.41, 5.74) is 0.278. The first kappa shape index (κ1) is 12.7. The van der Waals surface area contributed by atoms with Crippen LogP contribution >= 0.6 is 15.9 Å². The number of halogens is 1. The normalized spacial score (nSPS) is 10.9. The molecule has 0 aliphatic carbocycles. The second kappa shape index (κ2) is 4.68. The van der Waals surface area contributed by atoms with Gasteiger partial charge in [0.15, 0.2) is 5.52 Å². The lowest BCUT2D eigenvalue weighted by molar-refractivity contribution is 0.768. The SMILES string of the molecule is Cn1c(=O)n(-c2ccc(Br)nc2)c(=O)c2ncccc21. The Balaban J connectivity index is 2.45. The van der Waals surface area contributed by atoms with Gasteiger partial charge in [-0.15, -0.1) is 0 Å². The van der Waals surface area contributed by atoms with Crippen molar-refractivity contribution in [3.63, 3.8) is 0 Å². The van der Waals surface area contributed by atoms with Gasteiger partial charge in [0.1, 0.15) is 4.60 Å². The zero-order valence-electron chi connectivity index (χ0n) is 10.4. The minimum Gasteiger partial charge on any atom is -0.294 e. The van der Waals surface area contributed by atoms with E-state index < -0.39 is 11.2 Å². The molecule has 7 heteroatoms. The molecule has 0 bridgehead atoms. The standard InChI is InChI=1S/C13H9BrN4O2/c1-17-9-3-2-6-15-11(9)12(19)18(13(17)20)8-4-5-10(14)16-7-8/h2-7H,1H3. The second-order valence-corrected chi connectivity index (χ2v) is 5.00. The number of hydrogen-bond donors (Lipinski definition) is 0. The molecule has 3 aromatic rings. The van der Waals surface area contributed by atoms with E-state index in [1.54, 1.807) is 31.3 Å². The van der Waals surface area contributed by atoms with Gasteiger partial charge in [0, 0.05) is 13.2 Å². The summed E-state index contributed by atoms with van der Waals surface area (Å²) in [6, 6.07) is 6.69. The summed E-state index contributed by atoms with van der Waals surface area (Å²) in [4.78, 5) is 32.9. The number of aromatic nitrogens is 4.